The highest BCUT2D eigenvalue weighted by atomic mass is 16.6. The summed E-state index contributed by atoms with van der Waals surface area (Å²) in [6.07, 6.45) is -2.43. The van der Waals surface area contributed by atoms with Crippen LogP contribution in [-0.4, -0.2) is 50.5 Å². The molecular formula is C13H12O8. The topological polar surface area (TPSA) is 141 Å². The second kappa shape index (κ2) is 7.06. The molecule has 0 heterocycles. The van der Waals surface area contributed by atoms with Gasteiger partial charge in [0, 0.05) is 6.08 Å². The zero-order valence-corrected chi connectivity index (χ0v) is 10.5. The number of benzene rings is 1. The smallest absolute Gasteiger partial charge is 0.348 e. The fourth-order valence-electron chi connectivity index (χ4n) is 1.29. The van der Waals surface area contributed by atoms with Crippen LogP contribution in [0.5, 0.6) is 5.75 Å². The molecule has 2 atom stereocenters. The van der Waals surface area contributed by atoms with Crippen LogP contribution in [0.2, 0.25) is 0 Å². The molecule has 1 aromatic carbocycles. The van der Waals surface area contributed by atoms with Gasteiger partial charge in [0.05, 0.1) is 0 Å². The van der Waals surface area contributed by atoms with Gasteiger partial charge >= 0.3 is 17.9 Å². The molecular weight excluding hydrogens is 284 g/mol. The lowest BCUT2D eigenvalue weighted by Crippen LogP contribution is -2.42. The maximum absolute atomic E-state index is 11.4. The fraction of sp³-hybridized carbons (Fsp3) is 0.154. The first-order chi connectivity index (χ1) is 9.81. The number of carbonyl (C=O) groups is 3. The Bertz CT molecular complexity index is 560. The van der Waals surface area contributed by atoms with Gasteiger partial charge in [-0.3, -0.25) is 0 Å². The number of esters is 1. The van der Waals surface area contributed by atoms with E-state index in [1.165, 1.54) is 30.3 Å². The summed E-state index contributed by atoms with van der Waals surface area (Å²) in [6.45, 7) is 0. The van der Waals surface area contributed by atoms with E-state index in [-0.39, 0.29) is 5.75 Å². The van der Waals surface area contributed by atoms with Crippen molar-refractivity contribution in [3.63, 3.8) is 0 Å². The molecule has 0 fully saturated rings. The van der Waals surface area contributed by atoms with Crippen molar-refractivity contribution in [3.05, 3.63) is 35.9 Å². The van der Waals surface area contributed by atoms with Crippen molar-refractivity contribution >= 4 is 24.0 Å². The molecule has 0 saturated carbocycles. The van der Waals surface area contributed by atoms with Gasteiger partial charge in [-0.05, 0) is 23.8 Å². The molecule has 0 bridgehead atoms. The molecule has 0 spiro atoms. The zero-order chi connectivity index (χ0) is 16.0. The number of hydrogen-bond donors (Lipinski definition) is 4. The lowest BCUT2D eigenvalue weighted by molar-refractivity contribution is -0.176. The van der Waals surface area contributed by atoms with E-state index < -0.39 is 30.1 Å². The van der Waals surface area contributed by atoms with E-state index in [2.05, 4.69) is 4.74 Å². The number of carbonyl (C=O) groups excluding carboxylic acids is 1. The second-order valence-electron chi connectivity index (χ2n) is 3.90. The molecule has 4 N–H and O–H groups in total. The van der Waals surface area contributed by atoms with Crippen LogP contribution in [0.3, 0.4) is 0 Å². The van der Waals surface area contributed by atoms with Crippen molar-refractivity contribution in [2.24, 2.45) is 0 Å². The third-order valence-corrected chi connectivity index (χ3v) is 2.33. The normalized spacial score (nSPS) is 13.6. The fourth-order valence-corrected chi connectivity index (χ4v) is 1.29. The Kier molecular flexibility index (Phi) is 5.44. The second-order valence-corrected chi connectivity index (χ2v) is 3.90. The third-order valence-electron chi connectivity index (χ3n) is 2.33. The minimum absolute atomic E-state index is 0.0326. The van der Waals surface area contributed by atoms with Crippen LogP contribution in [0.15, 0.2) is 30.3 Å². The van der Waals surface area contributed by atoms with Crippen LogP contribution in [0.25, 0.3) is 6.08 Å². The molecule has 0 radical (unpaired) electrons. The standard InChI is InChI=1S/C13H12O8/c14-8-4-1-7(2-5-8)3-6-9(15)21-11(13(19)20)10(16)12(17)18/h1-6,10-11,14,16H,(H,17,18)(H,19,20)/b6-3+/t10-,11-/m1/s1. The van der Waals surface area contributed by atoms with Gasteiger partial charge in [-0.2, -0.15) is 0 Å². The average Bonchev–Trinajstić information content (AvgIpc) is 2.43. The Hall–Kier alpha value is -2.87. The minimum Gasteiger partial charge on any atom is -0.508 e. The Morgan fingerprint density at radius 1 is 1.05 bits per heavy atom. The van der Waals surface area contributed by atoms with Crippen molar-refractivity contribution < 1.29 is 39.5 Å². The summed E-state index contributed by atoms with van der Waals surface area (Å²) in [4.78, 5) is 32.6. The highest BCUT2D eigenvalue weighted by Crippen LogP contribution is 2.11. The summed E-state index contributed by atoms with van der Waals surface area (Å²) >= 11 is 0. The molecule has 0 saturated heterocycles. The van der Waals surface area contributed by atoms with Gasteiger partial charge in [-0.25, -0.2) is 14.4 Å². The minimum atomic E-state index is -2.37. The Balaban J connectivity index is 2.72. The monoisotopic (exact) mass is 296 g/mol. The van der Waals surface area contributed by atoms with Crippen LogP contribution in [-0.2, 0) is 19.1 Å². The van der Waals surface area contributed by atoms with Gasteiger partial charge in [0.2, 0.25) is 6.10 Å². The molecule has 0 unspecified atom stereocenters. The highest BCUT2D eigenvalue weighted by Gasteiger charge is 2.35. The summed E-state index contributed by atoms with van der Waals surface area (Å²) in [6, 6.07) is 5.72. The molecule has 0 amide bonds. The number of aliphatic carboxylic acids is 2. The van der Waals surface area contributed by atoms with E-state index in [4.69, 9.17) is 20.4 Å². The molecule has 112 valence electrons. The number of phenols is 1. The number of carboxylic acids is 2. The van der Waals surface area contributed by atoms with Gasteiger partial charge in [0.25, 0.3) is 0 Å². The number of ether oxygens (including phenoxy) is 1. The SMILES string of the molecule is O=C(/C=C/c1ccc(O)cc1)O[C@@H](C(=O)O)[C@@H](O)C(=O)O. The van der Waals surface area contributed by atoms with Crippen molar-refractivity contribution in [2.45, 2.75) is 12.2 Å². The van der Waals surface area contributed by atoms with Gasteiger partial charge < -0.3 is 25.2 Å². The van der Waals surface area contributed by atoms with E-state index in [1.54, 1.807) is 0 Å². The molecule has 1 aromatic rings. The first-order valence-electron chi connectivity index (χ1n) is 5.62. The maximum Gasteiger partial charge on any atom is 0.348 e. The van der Waals surface area contributed by atoms with E-state index in [0.717, 1.165) is 6.08 Å². The lowest BCUT2D eigenvalue weighted by atomic mass is 10.2. The number of phenolic OH excluding ortho intramolecular Hbond substituents is 1. The molecule has 8 heteroatoms. The Morgan fingerprint density at radius 3 is 2.10 bits per heavy atom. The van der Waals surface area contributed by atoms with Gasteiger partial charge in [-0.15, -0.1) is 0 Å². The van der Waals surface area contributed by atoms with Crippen LogP contribution in [0, 0.1) is 0 Å². The predicted octanol–water partition coefficient (Wildman–Crippen LogP) is -0.153. The molecule has 8 nitrogen and oxygen atoms in total. The number of aliphatic hydroxyl groups excluding tert-OH is 1. The van der Waals surface area contributed by atoms with E-state index >= 15 is 0 Å². The van der Waals surface area contributed by atoms with E-state index in [9.17, 15) is 14.4 Å². The summed E-state index contributed by atoms with van der Waals surface area (Å²) in [5.74, 6) is -4.70. The molecule has 21 heavy (non-hydrogen) atoms. The molecule has 0 aliphatic carbocycles. The Morgan fingerprint density at radius 2 is 1.62 bits per heavy atom. The van der Waals surface area contributed by atoms with Crippen LogP contribution < -0.4 is 0 Å². The summed E-state index contributed by atoms with van der Waals surface area (Å²) in [7, 11) is 0. The van der Waals surface area contributed by atoms with Crippen LogP contribution in [0.1, 0.15) is 5.56 Å². The van der Waals surface area contributed by atoms with Crippen molar-refractivity contribution in [2.75, 3.05) is 0 Å². The predicted molar refractivity (Wildman–Crippen MR) is 68.3 cm³/mol. The number of aliphatic hydroxyl groups is 1. The molecule has 0 aliphatic rings. The largest absolute Gasteiger partial charge is 0.508 e. The zero-order valence-electron chi connectivity index (χ0n) is 10.5. The first-order valence-corrected chi connectivity index (χ1v) is 5.62. The number of carboxylic acid groups (broad SMARTS) is 2. The van der Waals surface area contributed by atoms with Gasteiger partial charge in [-0.1, -0.05) is 12.1 Å². The van der Waals surface area contributed by atoms with Crippen molar-refractivity contribution in [3.8, 4) is 5.75 Å². The quantitative estimate of drug-likeness (QED) is 0.419. The number of hydrogen-bond acceptors (Lipinski definition) is 6. The Labute approximate surface area is 118 Å². The average molecular weight is 296 g/mol. The van der Waals surface area contributed by atoms with Gasteiger partial charge in [0.1, 0.15) is 5.75 Å². The molecule has 1 rings (SSSR count). The van der Waals surface area contributed by atoms with Crippen molar-refractivity contribution in [1.29, 1.82) is 0 Å². The first kappa shape index (κ1) is 16.2. The highest BCUT2D eigenvalue weighted by molar-refractivity contribution is 5.91. The number of aromatic hydroxyl groups is 1. The van der Waals surface area contributed by atoms with Crippen LogP contribution in [0.4, 0.5) is 0 Å². The van der Waals surface area contributed by atoms with E-state index in [1.807, 2.05) is 0 Å². The summed E-state index contributed by atoms with van der Waals surface area (Å²) < 4.78 is 4.37. The summed E-state index contributed by atoms with van der Waals surface area (Å²) in [5, 5.41) is 35.4. The molecule has 0 aromatic heterocycles. The molecule has 0 aliphatic heterocycles. The third kappa shape index (κ3) is 4.96. The lowest BCUT2D eigenvalue weighted by Gasteiger charge is -2.15. The van der Waals surface area contributed by atoms with E-state index in [0.29, 0.717) is 5.56 Å². The van der Waals surface area contributed by atoms with Crippen LogP contribution >= 0.6 is 0 Å². The summed E-state index contributed by atoms with van der Waals surface area (Å²) in [5.41, 5.74) is 0.524. The van der Waals surface area contributed by atoms with Gasteiger partial charge in [0.15, 0.2) is 6.10 Å². The van der Waals surface area contributed by atoms with Crippen molar-refractivity contribution in [1.82, 2.24) is 0 Å². The maximum atomic E-state index is 11.4. The number of rotatable bonds is 6.